The number of hydrogen-bond acceptors (Lipinski definition) is 2. The van der Waals surface area contributed by atoms with Crippen LogP contribution >= 0.6 is 0 Å². The highest BCUT2D eigenvalue weighted by Crippen LogP contribution is 2.52. The molecule has 2 aliphatic rings. The van der Waals surface area contributed by atoms with E-state index in [-0.39, 0.29) is 11.5 Å². The number of hydrogen-bond donors (Lipinski definition) is 2. The molecule has 1 aromatic rings. The van der Waals surface area contributed by atoms with E-state index >= 15 is 0 Å². The number of allylic oxidation sites excluding steroid dienone is 2. The minimum atomic E-state index is -0.454. The van der Waals surface area contributed by atoms with E-state index in [4.69, 9.17) is 5.73 Å². The van der Waals surface area contributed by atoms with Crippen LogP contribution in [0.4, 0.5) is 0 Å². The number of pyridine rings is 1. The largest absolute Gasteiger partial charge is 0.326 e. The number of aromatic amines is 1. The van der Waals surface area contributed by atoms with Crippen LogP contribution in [-0.4, -0.2) is 4.98 Å². The summed E-state index contributed by atoms with van der Waals surface area (Å²) in [6.07, 6.45) is 5.28. The first-order valence-corrected chi connectivity index (χ1v) is 6.84. The molecule has 1 aromatic heterocycles. The summed E-state index contributed by atoms with van der Waals surface area (Å²) in [5, 5.41) is 0. The standard InChI is InChI=1S/C16H20N2O/c1-4-12-11-7-9(2)8-16(12,17)13-5-6-14(19)18-15(13)10(11)3/h4-7,10-11H,8,17H2,1-3H3,(H,18,19)/b12-4+/t10-,11+,16-/m1/s1. The van der Waals surface area contributed by atoms with Crippen molar-refractivity contribution in [3.63, 3.8) is 0 Å². The second-order valence-electron chi connectivity index (χ2n) is 5.87. The van der Waals surface area contributed by atoms with E-state index in [1.807, 2.05) is 6.07 Å². The lowest BCUT2D eigenvalue weighted by atomic mass is 9.60. The minimum Gasteiger partial charge on any atom is -0.326 e. The molecule has 3 heteroatoms. The first kappa shape index (κ1) is 12.4. The van der Waals surface area contributed by atoms with Crippen molar-refractivity contribution < 1.29 is 0 Å². The van der Waals surface area contributed by atoms with Gasteiger partial charge in [0, 0.05) is 23.6 Å². The van der Waals surface area contributed by atoms with Crippen molar-refractivity contribution in [2.45, 2.75) is 38.6 Å². The molecule has 0 saturated heterocycles. The molecule has 0 amide bonds. The Morgan fingerprint density at radius 1 is 1.47 bits per heavy atom. The molecule has 3 atom stereocenters. The van der Waals surface area contributed by atoms with E-state index in [1.54, 1.807) is 6.07 Å². The molecule has 19 heavy (non-hydrogen) atoms. The van der Waals surface area contributed by atoms with Crippen LogP contribution in [0.2, 0.25) is 0 Å². The van der Waals surface area contributed by atoms with Gasteiger partial charge < -0.3 is 10.7 Å². The monoisotopic (exact) mass is 256 g/mol. The quantitative estimate of drug-likeness (QED) is 0.701. The Hall–Kier alpha value is -1.61. The molecule has 2 aliphatic carbocycles. The number of H-pyrrole nitrogens is 1. The van der Waals surface area contributed by atoms with Crippen molar-refractivity contribution >= 4 is 0 Å². The third-order valence-electron chi connectivity index (χ3n) is 4.63. The van der Waals surface area contributed by atoms with E-state index in [0.29, 0.717) is 5.92 Å². The lowest BCUT2D eigenvalue weighted by molar-refractivity contribution is 0.376. The number of rotatable bonds is 0. The second kappa shape index (κ2) is 3.94. The van der Waals surface area contributed by atoms with Crippen molar-refractivity contribution in [3.8, 4) is 0 Å². The maximum absolute atomic E-state index is 11.6. The van der Waals surface area contributed by atoms with Gasteiger partial charge in [0.1, 0.15) is 0 Å². The highest BCUT2D eigenvalue weighted by atomic mass is 16.1. The van der Waals surface area contributed by atoms with E-state index in [1.165, 1.54) is 11.1 Å². The smallest absolute Gasteiger partial charge is 0.248 e. The van der Waals surface area contributed by atoms with Crippen LogP contribution in [0.1, 0.15) is 44.4 Å². The highest BCUT2D eigenvalue weighted by molar-refractivity contribution is 5.50. The van der Waals surface area contributed by atoms with Gasteiger partial charge in [-0.05, 0) is 37.5 Å². The van der Waals surface area contributed by atoms with E-state index < -0.39 is 5.54 Å². The molecule has 0 aliphatic heterocycles. The summed E-state index contributed by atoms with van der Waals surface area (Å²) in [6, 6.07) is 3.49. The summed E-state index contributed by atoms with van der Waals surface area (Å²) < 4.78 is 0. The Morgan fingerprint density at radius 3 is 2.89 bits per heavy atom. The number of nitrogens with two attached hydrogens (primary N) is 1. The molecule has 3 N–H and O–H groups in total. The fourth-order valence-corrected chi connectivity index (χ4v) is 3.83. The Labute approximate surface area is 113 Å². The number of fused-ring (bicyclic) bond motifs is 4. The topological polar surface area (TPSA) is 58.9 Å². The van der Waals surface area contributed by atoms with Crippen molar-refractivity contribution in [1.82, 2.24) is 4.98 Å². The normalized spacial score (nSPS) is 34.9. The van der Waals surface area contributed by atoms with Crippen molar-refractivity contribution in [2.24, 2.45) is 11.7 Å². The SMILES string of the molecule is C/C=C1\[C@H]2C=C(C)C[C@]1(N)c1ccc(=O)[nH]c1[C@@H]2C. The summed E-state index contributed by atoms with van der Waals surface area (Å²) >= 11 is 0. The molecule has 0 saturated carbocycles. The van der Waals surface area contributed by atoms with Crippen LogP contribution in [0, 0.1) is 5.92 Å². The molecule has 100 valence electrons. The Morgan fingerprint density at radius 2 is 2.21 bits per heavy atom. The maximum atomic E-state index is 11.6. The van der Waals surface area contributed by atoms with Gasteiger partial charge >= 0.3 is 0 Å². The van der Waals surface area contributed by atoms with E-state index in [0.717, 1.165) is 17.7 Å². The van der Waals surface area contributed by atoms with Crippen LogP contribution in [0.25, 0.3) is 0 Å². The van der Waals surface area contributed by atoms with Gasteiger partial charge in [0.15, 0.2) is 0 Å². The van der Waals surface area contributed by atoms with Crippen LogP contribution in [-0.2, 0) is 5.54 Å². The molecule has 0 spiro atoms. The first-order valence-electron chi connectivity index (χ1n) is 6.84. The van der Waals surface area contributed by atoms with Crippen molar-refractivity contribution in [2.75, 3.05) is 0 Å². The predicted octanol–water partition coefficient (Wildman–Crippen LogP) is 2.56. The average molecular weight is 256 g/mol. The molecule has 2 bridgehead atoms. The fraction of sp³-hybridized carbons (Fsp3) is 0.438. The van der Waals surface area contributed by atoms with Gasteiger partial charge in [-0.25, -0.2) is 0 Å². The second-order valence-corrected chi connectivity index (χ2v) is 5.87. The molecule has 0 aromatic carbocycles. The highest BCUT2D eigenvalue weighted by Gasteiger charge is 2.46. The Bertz CT molecular complexity index is 653. The van der Waals surface area contributed by atoms with Gasteiger partial charge in [-0.1, -0.05) is 24.6 Å². The molecule has 1 heterocycles. The molecule has 0 radical (unpaired) electrons. The van der Waals surface area contributed by atoms with Gasteiger partial charge in [-0.2, -0.15) is 0 Å². The van der Waals surface area contributed by atoms with Gasteiger partial charge in [0.2, 0.25) is 5.56 Å². The molecule has 0 unspecified atom stereocenters. The van der Waals surface area contributed by atoms with E-state index in [9.17, 15) is 4.79 Å². The zero-order valence-electron chi connectivity index (χ0n) is 11.7. The minimum absolute atomic E-state index is 0.0445. The summed E-state index contributed by atoms with van der Waals surface area (Å²) in [5.74, 6) is 0.566. The molecule has 0 fully saturated rings. The zero-order chi connectivity index (χ0) is 13.8. The van der Waals surface area contributed by atoms with Crippen LogP contribution in [0.5, 0.6) is 0 Å². The van der Waals surface area contributed by atoms with Gasteiger partial charge in [0.25, 0.3) is 0 Å². The number of aromatic nitrogens is 1. The summed E-state index contributed by atoms with van der Waals surface area (Å²) in [6.45, 7) is 6.36. The lowest BCUT2D eigenvalue weighted by Gasteiger charge is -2.48. The van der Waals surface area contributed by atoms with E-state index in [2.05, 4.69) is 37.9 Å². The molecule has 3 rings (SSSR count). The third-order valence-corrected chi connectivity index (χ3v) is 4.63. The van der Waals surface area contributed by atoms with Crippen LogP contribution < -0.4 is 11.3 Å². The van der Waals surface area contributed by atoms with Crippen LogP contribution in [0.3, 0.4) is 0 Å². The third kappa shape index (κ3) is 1.58. The number of nitrogens with one attached hydrogen (secondary N) is 1. The van der Waals surface area contributed by atoms with Crippen molar-refractivity contribution in [3.05, 3.63) is 57.0 Å². The summed E-state index contributed by atoms with van der Waals surface area (Å²) in [7, 11) is 0. The molecule has 3 nitrogen and oxygen atoms in total. The Balaban J connectivity index is 2.34. The Kier molecular flexibility index (Phi) is 2.58. The van der Waals surface area contributed by atoms with Gasteiger partial charge in [-0.3, -0.25) is 4.79 Å². The predicted molar refractivity (Wildman–Crippen MR) is 77.0 cm³/mol. The lowest BCUT2D eigenvalue weighted by Crippen LogP contribution is -2.49. The van der Waals surface area contributed by atoms with Crippen molar-refractivity contribution in [1.29, 1.82) is 0 Å². The summed E-state index contributed by atoms with van der Waals surface area (Å²) in [5.41, 5.74) is 10.9. The van der Waals surface area contributed by atoms with Crippen LogP contribution in [0.15, 0.2) is 40.2 Å². The first-order chi connectivity index (χ1) is 8.97. The zero-order valence-corrected chi connectivity index (χ0v) is 11.7. The summed E-state index contributed by atoms with van der Waals surface area (Å²) in [4.78, 5) is 14.6. The average Bonchev–Trinajstić information content (AvgIpc) is 2.35. The van der Waals surface area contributed by atoms with Gasteiger partial charge in [-0.15, -0.1) is 0 Å². The molecular weight excluding hydrogens is 236 g/mol. The maximum Gasteiger partial charge on any atom is 0.248 e. The van der Waals surface area contributed by atoms with Gasteiger partial charge in [0.05, 0.1) is 5.54 Å². The fourth-order valence-electron chi connectivity index (χ4n) is 3.83. The molecular formula is C16H20N2O.